The summed E-state index contributed by atoms with van der Waals surface area (Å²) in [4.78, 5) is 4.17. The van der Waals surface area contributed by atoms with E-state index in [2.05, 4.69) is 17.2 Å². The van der Waals surface area contributed by atoms with E-state index < -0.39 is 0 Å². The third-order valence-corrected chi connectivity index (χ3v) is 3.57. The average molecular weight is 249 g/mol. The van der Waals surface area contributed by atoms with Crippen LogP contribution in [-0.4, -0.2) is 30.8 Å². The number of nitrogens with two attached hydrogens (primary N) is 1. The Bertz CT molecular complexity index is 364. The van der Waals surface area contributed by atoms with Crippen molar-refractivity contribution in [2.75, 3.05) is 25.5 Å². The Morgan fingerprint density at radius 2 is 2.50 bits per heavy atom. The van der Waals surface area contributed by atoms with Crippen LogP contribution in [0.4, 0.5) is 5.69 Å². The van der Waals surface area contributed by atoms with Gasteiger partial charge in [0, 0.05) is 36.6 Å². The van der Waals surface area contributed by atoms with Crippen LogP contribution in [0, 0.1) is 5.92 Å². The van der Waals surface area contributed by atoms with Crippen LogP contribution in [0.15, 0.2) is 18.5 Å². The Kier molecular flexibility index (Phi) is 4.96. The molecule has 0 bridgehead atoms. The van der Waals surface area contributed by atoms with Crippen LogP contribution >= 0.6 is 0 Å². The van der Waals surface area contributed by atoms with Crippen LogP contribution in [0.25, 0.3) is 0 Å². The minimum Gasteiger partial charge on any atom is -0.398 e. The maximum atomic E-state index is 6.00. The summed E-state index contributed by atoms with van der Waals surface area (Å²) in [6.07, 6.45) is 6.85. The number of hydrogen-bond acceptors (Lipinski definition) is 4. The predicted molar refractivity (Wildman–Crippen MR) is 73.4 cm³/mol. The number of ether oxygens (including phenoxy) is 1. The van der Waals surface area contributed by atoms with E-state index in [4.69, 9.17) is 10.5 Å². The van der Waals surface area contributed by atoms with Gasteiger partial charge in [0.05, 0.1) is 6.61 Å². The van der Waals surface area contributed by atoms with Crippen molar-refractivity contribution in [3.63, 3.8) is 0 Å². The molecule has 2 unspecified atom stereocenters. The third-order valence-electron chi connectivity index (χ3n) is 3.57. The Hall–Kier alpha value is -1.13. The number of hydrogen-bond donors (Lipinski definition) is 2. The number of nitrogens with zero attached hydrogens (tertiary/aromatic N) is 1. The Morgan fingerprint density at radius 1 is 1.61 bits per heavy atom. The first-order valence-electron chi connectivity index (χ1n) is 6.80. The molecule has 1 saturated heterocycles. The Morgan fingerprint density at radius 3 is 3.17 bits per heavy atom. The van der Waals surface area contributed by atoms with Crippen molar-refractivity contribution in [2.24, 2.45) is 5.92 Å². The maximum absolute atomic E-state index is 6.00. The number of pyridine rings is 1. The lowest BCUT2D eigenvalue weighted by molar-refractivity contribution is 0.176. The number of rotatable bonds is 6. The van der Waals surface area contributed by atoms with Gasteiger partial charge in [-0.25, -0.2) is 0 Å². The van der Waals surface area contributed by atoms with Crippen LogP contribution in [0.5, 0.6) is 0 Å². The molecule has 18 heavy (non-hydrogen) atoms. The lowest BCUT2D eigenvalue weighted by Crippen LogP contribution is -2.39. The molecule has 2 heterocycles. The van der Waals surface area contributed by atoms with Gasteiger partial charge in [0.1, 0.15) is 0 Å². The Labute approximate surface area is 109 Å². The molecule has 1 aromatic heterocycles. The van der Waals surface area contributed by atoms with E-state index in [0.29, 0.717) is 12.0 Å². The molecule has 100 valence electrons. The Balaban J connectivity index is 2.02. The molecule has 0 aliphatic carbocycles. The molecule has 0 amide bonds. The molecule has 1 aliphatic rings. The second-order valence-electron chi connectivity index (χ2n) is 4.96. The molecule has 3 N–H and O–H groups in total. The molecule has 0 radical (unpaired) electrons. The molecule has 0 saturated carbocycles. The number of nitrogen functional groups attached to an aromatic ring is 1. The summed E-state index contributed by atoms with van der Waals surface area (Å²) in [5, 5.41) is 3.62. The van der Waals surface area contributed by atoms with Crippen molar-refractivity contribution in [3.8, 4) is 0 Å². The summed E-state index contributed by atoms with van der Waals surface area (Å²) < 4.78 is 5.50. The van der Waals surface area contributed by atoms with Gasteiger partial charge < -0.3 is 15.8 Å². The van der Waals surface area contributed by atoms with Crippen molar-refractivity contribution < 1.29 is 4.74 Å². The van der Waals surface area contributed by atoms with E-state index in [1.54, 1.807) is 6.20 Å². The van der Waals surface area contributed by atoms with Gasteiger partial charge >= 0.3 is 0 Å². The number of anilines is 1. The minimum absolute atomic E-state index is 0.443. The quantitative estimate of drug-likeness (QED) is 0.804. The highest BCUT2D eigenvalue weighted by Gasteiger charge is 2.25. The highest BCUT2D eigenvalue weighted by Crippen LogP contribution is 2.21. The fraction of sp³-hybridized carbons (Fsp3) is 0.643. The van der Waals surface area contributed by atoms with Crippen molar-refractivity contribution >= 4 is 5.69 Å². The molecule has 4 heteroatoms. The van der Waals surface area contributed by atoms with E-state index in [1.807, 2.05) is 12.3 Å². The smallest absolute Gasteiger partial charge is 0.0510 e. The van der Waals surface area contributed by atoms with E-state index in [-0.39, 0.29) is 0 Å². The lowest BCUT2D eigenvalue weighted by Gasteiger charge is -2.24. The van der Waals surface area contributed by atoms with E-state index in [0.717, 1.165) is 50.3 Å². The molecule has 0 spiro atoms. The summed E-state index contributed by atoms with van der Waals surface area (Å²) in [5.74, 6) is 0.594. The molecule has 2 rings (SSSR count). The van der Waals surface area contributed by atoms with E-state index >= 15 is 0 Å². The fourth-order valence-corrected chi connectivity index (χ4v) is 2.45. The molecule has 1 aliphatic heterocycles. The SMILES string of the molecule is CCCNC(Cc1cnccc1N)C1CCOC1. The summed E-state index contributed by atoms with van der Waals surface area (Å²) in [6, 6.07) is 2.32. The molecule has 4 nitrogen and oxygen atoms in total. The summed E-state index contributed by atoms with van der Waals surface area (Å²) in [6.45, 7) is 4.98. The van der Waals surface area contributed by atoms with Crippen molar-refractivity contribution in [1.82, 2.24) is 10.3 Å². The predicted octanol–water partition coefficient (Wildman–Crippen LogP) is 1.61. The van der Waals surface area contributed by atoms with Crippen molar-refractivity contribution in [2.45, 2.75) is 32.2 Å². The first kappa shape index (κ1) is 13.3. The van der Waals surface area contributed by atoms with Crippen molar-refractivity contribution in [1.29, 1.82) is 0 Å². The number of nitrogens with one attached hydrogen (secondary N) is 1. The highest BCUT2D eigenvalue weighted by molar-refractivity contribution is 5.44. The topological polar surface area (TPSA) is 60.2 Å². The van der Waals surface area contributed by atoms with Gasteiger partial charge in [0.15, 0.2) is 0 Å². The summed E-state index contributed by atoms with van der Waals surface area (Å²) >= 11 is 0. The molecule has 1 fully saturated rings. The van der Waals surface area contributed by atoms with Gasteiger partial charge in [-0.3, -0.25) is 4.98 Å². The second-order valence-corrected chi connectivity index (χ2v) is 4.96. The first-order valence-corrected chi connectivity index (χ1v) is 6.80. The van der Waals surface area contributed by atoms with Gasteiger partial charge in [-0.15, -0.1) is 0 Å². The number of aromatic nitrogens is 1. The van der Waals surface area contributed by atoms with Crippen LogP contribution in [-0.2, 0) is 11.2 Å². The normalized spacial score (nSPS) is 21.1. The zero-order valence-corrected chi connectivity index (χ0v) is 11.1. The lowest BCUT2D eigenvalue weighted by atomic mass is 9.93. The zero-order valence-electron chi connectivity index (χ0n) is 11.1. The molecule has 1 aromatic rings. The van der Waals surface area contributed by atoms with Crippen LogP contribution in [0.2, 0.25) is 0 Å². The average Bonchev–Trinajstić information content (AvgIpc) is 2.90. The van der Waals surface area contributed by atoms with Gasteiger partial charge in [-0.05, 0) is 37.4 Å². The van der Waals surface area contributed by atoms with E-state index in [9.17, 15) is 0 Å². The van der Waals surface area contributed by atoms with Gasteiger partial charge in [0.25, 0.3) is 0 Å². The standard InChI is InChI=1S/C14H23N3O/c1-2-5-17-14(11-4-7-18-10-11)8-12-9-16-6-3-13(12)15/h3,6,9,11,14,17H,2,4-5,7-8,10H2,1H3,(H2,15,16). The van der Waals surface area contributed by atoms with Crippen LogP contribution in [0.1, 0.15) is 25.3 Å². The van der Waals surface area contributed by atoms with Gasteiger partial charge in [-0.1, -0.05) is 6.92 Å². The first-order chi connectivity index (χ1) is 8.81. The molecular weight excluding hydrogens is 226 g/mol. The van der Waals surface area contributed by atoms with Crippen molar-refractivity contribution in [3.05, 3.63) is 24.0 Å². The van der Waals surface area contributed by atoms with Crippen LogP contribution < -0.4 is 11.1 Å². The van der Waals surface area contributed by atoms with E-state index in [1.165, 1.54) is 0 Å². The zero-order chi connectivity index (χ0) is 12.8. The monoisotopic (exact) mass is 249 g/mol. The highest BCUT2D eigenvalue weighted by atomic mass is 16.5. The summed E-state index contributed by atoms with van der Waals surface area (Å²) in [7, 11) is 0. The maximum Gasteiger partial charge on any atom is 0.0510 e. The largest absolute Gasteiger partial charge is 0.398 e. The molecule has 2 atom stereocenters. The summed E-state index contributed by atoms with van der Waals surface area (Å²) in [5.41, 5.74) is 7.97. The molecular formula is C14H23N3O. The molecule has 0 aromatic carbocycles. The van der Waals surface area contributed by atoms with Gasteiger partial charge in [-0.2, -0.15) is 0 Å². The van der Waals surface area contributed by atoms with Crippen LogP contribution in [0.3, 0.4) is 0 Å². The fourth-order valence-electron chi connectivity index (χ4n) is 2.45. The minimum atomic E-state index is 0.443. The third kappa shape index (κ3) is 3.43. The second kappa shape index (κ2) is 6.71. The van der Waals surface area contributed by atoms with Gasteiger partial charge in [0.2, 0.25) is 0 Å².